The Bertz CT molecular complexity index is 660. The second-order valence-corrected chi connectivity index (χ2v) is 8.15. The van der Waals surface area contributed by atoms with Crippen LogP contribution in [0.5, 0.6) is 0 Å². The Morgan fingerprint density at radius 1 is 1.43 bits per heavy atom. The average molecular weight is 342 g/mol. The van der Waals surface area contributed by atoms with Crippen LogP contribution in [0.1, 0.15) is 44.0 Å². The number of piperidine rings is 1. The van der Waals surface area contributed by atoms with E-state index in [9.17, 15) is 13.2 Å². The largest absolute Gasteiger partial charge is 0.349 e. The lowest BCUT2D eigenvalue weighted by Gasteiger charge is -2.30. The molecule has 7 nitrogen and oxygen atoms in total. The standard InChI is InChI=1S/C15H26N4O3S/c1-5-19-12(3)14(10-16-19)11(2)17-15(20)13-6-8-18(9-7-13)23(4,21)22/h10-11,13H,5-9H2,1-4H3,(H,17,20). The van der Waals surface area contributed by atoms with Gasteiger partial charge in [0.1, 0.15) is 0 Å². The quantitative estimate of drug-likeness (QED) is 0.867. The number of aromatic nitrogens is 2. The lowest BCUT2D eigenvalue weighted by Crippen LogP contribution is -2.43. The van der Waals surface area contributed by atoms with Gasteiger partial charge in [0, 0.05) is 36.8 Å². The van der Waals surface area contributed by atoms with Crippen molar-refractivity contribution >= 4 is 15.9 Å². The molecule has 0 bridgehead atoms. The highest BCUT2D eigenvalue weighted by molar-refractivity contribution is 7.88. The minimum absolute atomic E-state index is 0.00528. The zero-order valence-electron chi connectivity index (χ0n) is 14.2. The predicted octanol–water partition coefficient (Wildman–Crippen LogP) is 1.06. The van der Waals surface area contributed by atoms with Gasteiger partial charge in [-0.25, -0.2) is 12.7 Å². The molecule has 0 saturated carbocycles. The third-order valence-electron chi connectivity index (χ3n) is 4.56. The fraction of sp³-hybridized carbons (Fsp3) is 0.733. The molecule has 2 rings (SSSR count). The Morgan fingerprint density at radius 2 is 2.04 bits per heavy atom. The molecule has 1 unspecified atom stereocenters. The molecule has 1 aromatic heterocycles. The molecule has 1 aliphatic rings. The highest BCUT2D eigenvalue weighted by atomic mass is 32.2. The third kappa shape index (κ3) is 4.11. The monoisotopic (exact) mass is 342 g/mol. The van der Waals surface area contributed by atoms with Gasteiger partial charge in [-0.15, -0.1) is 0 Å². The smallest absolute Gasteiger partial charge is 0.223 e. The Morgan fingerprint density at radius 3 is 2.52 bits per heavy atom. The zero-order valence-corrected chi connectivity index (χ0v) is 15.1. The van der Waals surface area contributed by atoms with Gasteiger partial charge in [0.05, 0.1) is 18.5 Å². The molecule has 0 aliphatic carbocycles. The first-order valence-electron chi connectivity index (χ1n) is 8.01. The molecule has 2 heterocycles. The van der Waals surface area contributed by atoms with Crippen LogP contribution in [0.4, 0.5) is 0 Å². The van der Waals surface area contributed by atoms with Crippen LogP contribution in [-0.4, -0.2) is 47.8 Å². The summed E-state index contributed by atoms with van der Waals surface area (Å²) in [5, 5.41) is 7.34. The van der Waals surface area contributed by atoms with Crippen LogP contribution in [0.25, 0.3) is 0 Å². The van der Waals surface area contributed by atoms with Gasteiger partial charge in [-0.2, -0.15) is 5.10 Å². The highest BCUT2D eigenvalue weighted by Crippen LogP contribution is 2.22. The molecule has 1 fully saturated rings. The van der Waals surface area contributed by atoms with Crippen LogP contribution in [0, 0.1) is 12.8 Å². The van der Waals surface area contributed by atoms with Crippen LogP contribution in [0.2, 0.25) is 0 Å². The van der Waals surface area contributed by atoms with Crippen LogP contribution >= 0.6 is 0 Å². The van der Waals surface area contributed by atoms with Crippen LogP contribution < -0.4 is 5.32 Å². The minimum atomic E-state index is -3.16. The van der Waals surface area contributed by atoms with Crippen molar-refractivity contribution in [2.75, 3.05) is 19.3 Å². The van der Waals surface area contributed by atoms with E-state index in [1.54, 1.807) is 6.20 Å². The summed E-state index contributed by atoms with van der Waals surface area (Å²) in [7, 11) is -3.16. The lowest BCUT2D eigenvalue weighted by atomic mass is 9.96. The van der Waals surface area contributed by atoms with Gasteiger partial charge in [-0.05, 0) is 33.6 Å². The highest BCUT2D eigenvalue weighted by Gasteiger charge is 2.29. The molecule has 1 N–H and O–H groups in total. The maximum atomic E-state index is 12.4. The van der Waals surface area contributed by atoms with Crippen molar-refractivity contribution < 1.29 is 13.2 Å². The first kappa shape index (κ1) is 17.9. The zero-order chi connectivity index (χ0) is 17.2. The van der Waals surface area contributed by atoms with E-state index in [1.807, 2.05) is 25.5 Å². The SMILES string of the molecule is CCn1ncc(C(C)NC(=O)C2CCN(S(C)(=O)=O)CC2)c1C. The Balaban J connectivity index is 1.93. The number of carbonyl (C=O) groups is 1. The van der Waals surface area contributed by atoms with Crippen molar-refractivity contribution in [2.45, 2.75) is 46.2 Å². The van der Waals surface area contributed by atoms with E-state index in [0.717, 1.165) is 17.8 Å². The summed E-state index contributed by atoms with van der Waals surface area (Å²) in [6, 6.07) is -0.101. The minimum Gasteiger partial charge on any atom is -0.349 e. The van der Waals surface area contributed by atoms with Gasteiger partial charge in [0.2, 0.25) is 15.9 Å². The topological polar surface area (TPSA) is 84.3 Å². The summed E-state index contributed by atoms with van der Waals surface area (Å²) >= 11 is 0. The van der Waals surface area contributed by atoms with Crippen molar-refractivity contribution in [3.63, 3.8) is 0 Å². The van der Waals surface area contributed by atoms with Crippen molar-refractivity contribution in [3.8, 4) is 0 Å². The second kappa shape index (κ2) is 7.00. The first-order valence-corrected chi connectivity index (χ1v) is 9.86. The van der Waals surface area contributed by atoms with Gasteiger partial charge < -0.3 is 5.32 Å². The number of carbonyl (C=O) groups excluding carboxylic acids is 1. The fourth-order valence-electron chi connectivity index (χ4n) is 3.06. The van der Waals surface area contributed by atoms with Gasteiger partial charge in [0.15, 0.2) is 0 Å². The number of nitrogens with zero attached hydrogens (tertiary/aromatic N) is 3. The number of hydrogen-bond acceptors (Lipinski definition) is 4. The van der Waals surface area contributed by atoms with E-state index >= 15 is 0 Å². The molecule has 1 saturated heterocycles. The number of aryl methyl sites for hydroxylation is 1. The van der Waals surface area contributed by atoms with Gasteiger partial charge in [-0.3, -0.25) is 9.48 Å². The molecular formula is C15H26N4O3S. The van der Waals surface area contributed by atoms with Crippen molar-refractivity contribution in [2.24, 2.45) is 5.92 Å². The number of rotatable bonds is 5. The van der Waals surface area contributed by atoms with E-state index in [0.29, 0.717) is 25.9 Å². The van der Waals surface area contributed by atoms with Crippen molar-refractivity contribution in [3.05, 3.63) is 17.5 Å². The van der Waals surface area contributed by atoms with E-state index in [1.165, 1.54) is 10.6 Å². The molecule has 1 amide bonds. The first-order chi connectivity index (χ1) is 10.7. The molecule has 0 radical (unpaired) electrons. The Labute approximate surface area is 138 Å². The Hall–Kier alpha value is -1.41. The average Bonchev–Trinajstić information content (AvgIpc) is 2.87. The van der Waals surface area contributed by atoms with Crippen molar-refractivity contribution in [1.29, 1.82) is 0 Å². The molecule has 130 valence electrons. The van der Waals surface area contributed by atoms with Crippen LogP contribution in [0.15, 0.2) is 6.20 Å². The number of amides is 1. The van der Waals surface area contributed by atoms with E-state index in [4.69, 9.17) is 0 Å². The molecule has 1 aliphatic heterocycles. The summed E-state index contributed by atoms with van der Waals surface area (Å²) in [6.45, 7) is 7.61. The summed E-state index contributed by atoms with van der Waals surface area (Å²) in [6.07, 6.45) is 4.15. The van der Waals surface area contributed by atoms with Crippen molar-refractivity contribution in [1.82, 2.24) is 19.4 Å². The maximum absolute atomic E-state index is 12.4. The second-order valence-electron chi connectivity index (χ2n) is 6.17. The predicted molar refractivity (Wildman–Crippen MR) is 88.3 cm³/mol. The van der Waals surface area contributed by atoms with Crippen LogP contribution in [-0.2, 0) is 21.4 Å². The van der Waals surface area contributed by atoms with Gasteiger partial charge in [-0.1, -0.05) is 0 Å². The van der Waals surface area contributed by atoms with E-state index in [-0.39, 0.29) is 17.9 Å². The molecule has 1 atom stereocenters. The summed E-state index contributed by atoms with van der Waals surface area (Å²) in [5.41, 5.74) is 2.08. The summed E-state index contributed by atoms with van der Waals surface area (Å²) in [5.74, 6) is -0.133. The lowest BCUT2D eigenvalue weighted by molar-refractivity contribution is -0.126. The van der Waals surface area contributed by atoms with E-state index < -0.39 is 10.0 Å². The maximum Gasteiger partial charge on any atom is 0.223 e. The molecule has 0 spiro atoms. The number of sulfonamides is 1. The molecule has 8 heteroatoms. The Kier molecular flexibility index (Phi) is 5.46. The van der Waals surface area contributed by atoms with E-state index in [2.05, 4.69) is 10.4 Å². The van der Waals surface area contributed by atoms with Gasteiger partial charge in [0.25, 0.3) is 0 Å². The molecule has 0 aromatic carbocycles. The third-order valence-corrected chi connectivity index (χ3v) is 5.86. The summed E-state index contributed by atoms with van der Waals surface area (Å²) < 4.78 is 26.4. The normalized spacial score (nSPS) is 18.8. The molecular weight excluding hydrogens is 316 g/mol. The van der Waals surface area contributed by atoms with Gasteiger partial charge >= 0.3 is 0 Å². The summed E-state index contributed by atoms with van der Waals surface area (Å²) in [4.78, 5) is 12.4. The number of nitrogens with one attached hydrogen (secondary N) is 1. The fourth-order valence-corrected chi connectivity index (χ4v) is 3.94. The number of hydrogen-bond donors (Lipinski definition) is 1. The molecule has 1 aromatic rings. The van der Waals surface area contributed by atoms with Crippen LogP contribution in [0.3, 0.4) is 0 Å². The molecule has 23 heavy (non-hydrogen) atoms.